The second-order valence-electron chi connectivity index (χ2n) is 5.75. The number of amides is 2. The standard InChI is InChI=1S/C15H20ClN3O5/c1-15(2,3)24-14(22)17-7-6-13(21)23-9-12(20)19-11-5-4-10(16)8-18-11/h4-5,8H,6-7,9H2,1-3H3,(H,17,22)(H,18,19,20). The Morgan fingerprint density at radius 2 is 1.96 bits per heavy atom. The Balaban J connectivity index is 2.20. The molecule has 8 nitrogen and oxygen atoms in total. The third kappa shape index (κ3) is 8.94. The number of halogens is 1. The minimum Gasteiger partial charge on any atom is -0.456 e. The summed E-state index contributed by atoms with van der Waals surface area (Å²) in [5.41, 5.74) is -0.613. The zero-order valence-electron chi connectivity index (χ0n) is 13.7. The van der Waals surface area contributed by atoms with E-state index in [1.165, 1.54) is 12.3 Å². The van der Waals surface area contributed by atoms with Gasteiger partial charge in [-0.3, -0.25) is 9.59 Å². The molecular weight excluding hydrogens is 338 g/mol. The van der Waals surface area contributed by atoms with Crippen molar-refractivity contribution in [1.82, 2.24) is 10.3 Å². The number of ether oxygens (including phenoxy) is 2. The summed E-state index contributed by atoms with van der Waals surface area (Å²) in [5, 5.41) is 5.31. The van der Waals surface area contributed by atoms with Crippen LogP contribution in [0.5, 0.6) is 0 Å². The monoisotopic (exact) mass is 357 g/mol. The van der Waals surface area contributed by atoms with Crippen molar-refractivity contribution in [2.24, 2.45) is 0 Å². The number of nitrogens with one attached hydrogen (secondary N) is 2. The van der Waals surface area contributed by atoms with E-state index in [0.717, 1.165) is 0 Å². The van der Waals surface area contributed by atoms with Crippen LogP contribution in [-0.4, -0.2) is 41.7 Å². The summed E-state index contributed by atoms with van der Waals surface area (Å²) in [6.07, 6.45) is 0.680. The highest BCUT2D eigenvalue weighted by Gasteiger charge is 2.16. The number of esters is 1. The maximum atomic E-state index is 11.6. The predicted octanol–water partition coefficient (Wildman–Crippen LogP) is 2.13. The van der Waals surface area contributed by atoms with Crippen LogP contribution < -0.4 is 10.6 Å². The molecule has 1 heterocycles. The summed E-state index contributed by atoms with van der Waals surface area (Å²) >= 11 is 5.67. The third-order valence-electron chi connectivity index (χ3n) is 2.36. The highest BCUT2D eigenvalue weighted by molar-refractivity contribution is 6.30. The summed E-state index contributed by atoms with van der Waals surface area (Å²) in [6.45, 7) is 4.79. The highest BCUT2D eigenvalue weighted by Crippen LogP contribution is 2.09. The van der Waals surface area contributed by atoms with E-state index in [0.29, 0.717) is 10.8 Å². The van der Waals surface area contributed by atoms with E-state index in [1.54, 1.807) is 26.8 Å². The van der Waals surface area contributed by atoms with Crippen molar-refractivity contribution >= 4 is 35.4 Å². The summed E-state index contributed by atoms with van der Waals surface area (Å²) in [5.74, 6) is -0.851. The molecule has 0 aliphatic carbocycles. The van der Waals surface area contributed by atoms with Crippen LogP contribution in [0.3, 0.4) is 0 Å². The first-order valence-corrected chi connectivity index (χ1v) is 7.57. The molecule has 0 spiro atoms. The van der Waals surface area contributed by atoms with Gasteiger partial charge in [0, 0.05) is 12.7 Å². The highest BCUT2D eigenvalue weighted by atomic mass is 35.5. The number of pyridine rings is 1. The average Bonchev–Trinajstić information content (AvgIpc) is 2.46. The van der Waals surface area contributed by atoms with Gasteiger partial charge in [-0.2, -0.15) is 0 Å². The minimum atomic E-state index is -0.623. The van der Waals surface area contributed by atoms with Gasteiger partial charge < -0.3 is 20.1 Å². The lowest BCUT2D eigenvalue weighted by Crippen LogP contribution is -2.34. The van der Waals surface area contributed by atoms with Crippen LogP contribution in [0.15, 0.2) is 18.3 Å². The number of aromatic nitrogens is 1. The lowest BCUT2D eigenvalue weighted by atomic mass is 10.2. The third-order valence-corrected chi connectivity index (χ3v) is 2.58. The van der Waals surface area contributed by atoms with Crippen molar-refractivity contribution in [3.8, 4) is 0 Å². The number of carbonyl (C=O) groups is 3. The van der Waals surface area contributed by atoms with Gasteiger partial charge in [0.1, 0.15) is 11.4 Å². The van der Waals surface area contributed by atoms with Crippen LogP contribution in [0.1, 0.15) is 27.2 Å². The predicted molar refractivity (Wildman–Crippen MR) is 87.7 cm³/mol. The molecule has 0 saturated carbocycles. The van der Waals surface area contributed by atoms with Crippen molar-refractivity contribution in [1.29, 1.82) is 0 Å². The number of rotatable bonds is 6. The zero-order valence-corrected chi connectivity index (χ0v) is 14.5. The summed E-state index contributed by atoms with van der Waals surface area (Å²) in [4.78, 5) is 38.3. The van der Waals surface area contributed by atoms with Gasteiger partial charge in [0.05, 0.1) is 11.4 Å². The minimum absolute atomic E-state index is 0.0497. The van der Waals surface area contributed by atoms with Crippen LogP contribution in [-0.2, 0) is 19.1 Å². The molecule has 1 aromatic rings. The fourth-order valence-corrected chi connectivity index (χ4v) is 1.54. The van der Waals surface area contributed by atoms with Crippen molar-refractivity contribution in [3.63, 3.8) is 0 Å². The van der Waals surface area contributed by atoms with Crippen LogP contribution in [0.2, 0.25) is 5.02 Å². The quantitative estimate of drug-likeness (QED) is 0.755. The molecule has 0 radical (unpaired) electrons. The van der Waals surface area contributed by atoms with E-state index in [1.807, 2.05) is 0 Å². The van der Waals surface area contributed by atoms with Gasteiger partial charge in [-0.1, -0.05) is 11.6 Å². The molecule has 9 heteroatoms. The first-order valence-electron chi connectivity index (χ1n) is 7.19. The summed E-state index contributed by atoms with van der Waals surface area (Å²) in [6, 6.07) is 3.09. The molecule has 0 atom stereocenters. The molecule has 0 saturated heterocycles. The van der Waals surface area contributed by atoms with Crippen LogP contribution in [0.25, 0.3) is 0 Å². The van der Waals surface area contributed by atoms with Crippen LogP contribution >= 0.6 is 11.6 Å². The second-order valence-corrected chi connectivity index (χ2v) is 6.19. The van der Waals surface area contributed by atoms with Crippen molar-refractivity contribution in [3.05, 3.63) is 23.4 Å². The van der Waals surface area contributed by atoms with Gasteiger partial charge in [0.2, 0.25) is 0 Å². The number of anilines is 1. The molecule has 0 aliphatic rings. The van der Waals surface area contributed by atoms with Gasteiger partial charge >= 0.3 is 12.1 Å². The van der Waals surface area contributed by atoms with E-state index in [4.69, 9.17) is 21.1 Å². The lowest BCUT2D eigenvalue weighted by molar-refractivity contribution is -0.147. The smallest absolute Gasteiger partial charge is 0.407 e. The van der Waals surface area contributed by atoms with Crippen molar-refractivity contribution in [2.45, 2.75) is 32.8 Å². The number of hydrogen-bond donors (Lipinski definition) is 2. The maximum absolute atomic E-state index is 11.6. The van der Waals surface area contributed by atoms with Gasteiger partial charge in [-0.15, -0.1) is 0 Å². The lowest BCUT2D eigenvalue weighted by Gasteiger charge is -2.19. The SMILES string of the molecule is CC(C)(C)OC(=O)NCCC(=O)OCC(=O)Nc1ccc(Cl)cn1. The molecule has 0 fully saturated rings. The normalized spacial score (nSPS) is 10.7. The van der Waals surface area contributed by atoms with Crippen LogP contribution in [0, 0.1) is 0 Å². The largest absolute Gasteiger partial charge is 0.456 e. The second kappa shape index (κ2) is 9.07. The summed E-state index contributed by atoms with van der Waals surface area (Å²) < 4.78 is 9.80. The van der Waals surface area contributed by atoms with E-state index < -0.39 is 30.2 Å². The molecule has 0 bridgehead atoms. The molecule has 0 aliphatic heterocycles. The van der Waals surface area contributed by atoms with E-state index >= 15 is 0 Å². The molecule has 1 aromatic heterocycles. The number of nitrogens with zero attached hydrogens (tertiary/aromatic N) is 1. The van der Waals surface area contributed by atoms with Gasteiger partial charge in [-0.25, -0.2) is 9.78 Å². The molecule has 2 N–H and O–H groups in total. The van der Waals surface area contributed by atoms with Crippen molar-refractivity contribution < 1.29 is 23.9 Å². The Kier molecular flexibility index (Phi) is 7.44. The van der Waals surface area contributed by atoms with E-state index in [2.05, 4.69) is 15.6 Å². The van der Waals surface area contributed by atoms with E-state index in [9.17, 15) is 14.4 Å². The zero-order chi connectivity index (χ0) is 18.2. The van der Waals surface area contributed by atoms with Gasteiger partial charge in [0.25, 0.3) is 5.91 Å². The number of carbonyl (C=O) groups excluding carboxylic acids is 3. The average molecular weight is 358 g/mol. The molecule has 0 unspecified atom stereocenters. The van der Waals surface area contributed by atoms with Crippen LogP contribution in [0.4, 0.5) is 10.6 Å². The summed E-state index contributed by atoms with van der Waals surface area (Å²) in [7, 11) is 0. The molecule has 0 aromatic carbocycles. The van der Waals surface area contributed by atoms with Gasteiger partial charge in [-0.05, 0) is 32.9 Å². The number of alkyl carbamates (subject to hydrolysis) is 1. The fourth-order valence-electron chi connectivity index (χ4n) is 1.43. The molecule has 2 amide bonds. The fraction of sp³-hybridized carbons (Fsp3) is 0.467. The Labute approximate surface area is 144 Å². The Morgan fingerprint density at radius 3 is 2.54 bits per heavy atom. The Bertz CT molecular complexity index is 584. The topological polar surface area (TPSA) is 107 Å². The maximum Gasteiger partial charge on any atom is 0.407 e. The first kappa shape index (κ1) is 19.7. The Morgan fingerprint density at radius 1 is 1.25 bits per heavy atom. The van der Waals surface area contributed by atoms with Gasteiger partial charge in [0.15, 0.2) is 6.61 Å². The molecule has 1 rings (SSSR count). The van der Waals surface area contributed by atoms with E-state index in [-0.39, 0.29) is 13.0 Å². The van der Waals surface area contributed by atoms with Crippen molar-refractivity contribution in [2.75, 3.05) is 18.5 Å². The Hall–Kier alpha value is -2.35. The number of hydrogen-bond acceptors (Lipinski definition) is 6. The molecule has 132 valence electrons. The molecular formula is C15H20ClN3O5. The molecule has 24 heavy (non-hydrogen) atoms. The first-order chi connectivity index (χ1) is 11.2.